The lowest BCUT2D eigenvalue weighted by Gasteiger charge is -2.55. The smallest absolute Gasteiger partial charge is 0.226 e. The largest absolute Gasteiger partial charge is 0.346 e. The Morgan fingerprint density at radius 2 is 1.72 bits per heavy atom. The summed E-state index contributed by atoms with van der Waals surface area (Å²) in [5.41, 5.74) is 1.70. The summed E-state index contributed by atoms with van der Waals surface area (Å²) in [7, 11) is 0. The van der Waals surface area contributed by atoms with Crippen LogP contribution < -0.4 is 5.32 Å². The van der Waals surface area contributed by atoms with Crippen LogP contribution in [0.4, 0.5) is 0 Å². The lowest BCUT2D eigenvalue weighted by molar-refractivity contribution is -0.147. The molecule has 2 aromatic carbocycles. The topological polar surface area (TPSA) is 59.8 Å². The molecule has 0 saturated heterocycles. The van der Waals surface area contributed by atoms with Crippen LogP contribution in [0.5, 0.6) is 0 Å². The van der Waals surface area contributed by atoms with Crippen LogP contribution in [0.15, 0.2) is 53.7 Å². The van der Waals surface area contributed by atoms with Crippen LogP contribution in [0.2, 0.25) is 10.0 Å². The number of hydrogen-bond acceptors (Lipinski definition) is 4. The predicted molar refractivity (Wildman–Crippen MR) is 145 cm³/mol. The highest BCUT2D eigenvalue weighted by molar-refractivity contribution is 7.98. The first kappa shape index (κ1) is 24.3. The van der Waals surface area contributed by atoms with Crippen molar-refractivity contribution in [3.63, 3.8) is 0 Å². The highest BCUT2D eigenvalue weighted by atomic mass is 35.5. The van der Waals surface area contributed by atoms with Crippen molar-refractivity contribution in [2.24, 2.45) is 23.2 Å². The van der Waals surface area contributed by atoms with E-state index in [-0.39, 0.29) is 17.4 Å². The fourth-order valence-corrected chi connectivity index (χ4v) is 8.34. The zero-order chi connectivity index (χ0) is 24.9. The molecular formula is C28H30Cl2N4OS. The maximum Gasteiger partial charge on any atom is 0.226 e. The number of halogens is 2. The first-order valence-electron chi connectivity index (χ1n) is 12.8. The summed E-state index contributed by atoms with van der Waals surface area (Å²) in [6.45, 7) is 1.99. The number of nitrogens with zero attached hydrogens (tertiary/aromatic N) is 3. The van der Waals surface area contributed by atoms with E-state index < -0.39 is 0 Å². The van der Waals surface area contributed by atoms with Gasteiger partial charge in [-0.15, -0.1) is 10.2 Å². The van der Waals surface area contributed by atoms with E-state index in [1.807, 2.05) is 35.8 Å². The van der Waals surface area contributed by atoms with Gasteiger partial charge in [0.1, 0.15) is 0 Å². The molecule has 4 saturated carbocycles. The number of thioether (sulfide) groups is 1. The molecule has 4 aliphatic carbocycles. The Balaban J connectivity index is 1.29. The van der Waals surface area contributed by atoms with Crippen LogP contribution in [-0.4, -0.2) is 20.7 Å². The quantitative estimate of drug-likeness (QED) is 0.320. The molecule has 1 amide bonds. The van der Waals surface area contributed by atoms with Crippen molar-refractivity contribution in [1.82, 2.24) is 20.1 Å². The molecule has 8 heteroatoms. The zero-order valence-corrected chi connectivity index (χ0v) is 22.6. The third-order valence-electron chi connectivity index (χ3n) is 8.27. The summed E-state index contributed by atoms with van der Waals surface area (Å²) in [5.74, 6) is 3.73. The van der Waals surface area contributed by atoms with E-state index in [1.165, 1.54) is 24.8 Å². The van der Waals surface area contributed by atoms with Crippen molar-refractivity contribution in [2.45, 2.75) is 62.4 Å². The number of benzene rings is 2. The third kappa shape index (κ3) is 4.57. The lowest BCUT2D eigenvalue weighted by Crippen LogP contribution is -2.54. The van der Waals surface area contributed by atoms with Crippen molar-refractivity contribution in [1.29, 1.82) is 0 Å². The predicted octanol–water partition coefficient (Wildman–Crippen LogP) is 7.26. The number of carbonyl (C=O) groups excluding carboxylic acids is 1. The normalized spacial score (nSPS) is 27.2. The highest BCUT2D eigenvalue weighted by Crippen LogP contribution is 2.60. The zero-order valence-electron chi connectivity index (χ0n) is 20.3. The van der Waals surface area contributed by atoms with Gasteiger partial charge in [0, 0.05) is 16.2 Å². The van der Waals surface area contributed by atoms with Gasteiger partial charge in [0.05, 0.1) is 16.8 Å². The molecule has 7 rings (SSSR count). The Labute approximate surface area is 226 Å². The van der Waals surface area contributed by atoms with E-state index in [0.29, 0.717) is 38.8 Å². The molecule has 1 unspecified atom stereocenters. The monoisotopic (exact) mass is 540 g/mol. The lowest BCUT2D eigenvalue weighted by atomic mass is 9.49. The summed E-state index contributed by atoms with van der Waals surface area (Å²) in [4.78, 5) is 13.7. The van der Waals surface area contributed by atoms with Gasteiger partial charge >= 0.3 is 0 Å². The van der Waals surface area contributed by atoms with Gasteiger partial charge in [0.15, 0.2) is 11.0 Å². The second-order valence-corrected chi connectivity index (χ2v) is 12.7. The van der Waals surface area contributed by atoms with Crippen LogP contribution in [-0.2, 0) is 10.5 Å². The summed E-state index contributed by atoms with van der Waals surface area (Å²) < 4.78 is 1.95. The van der Waals surface area contributed by atoms with Gasteiger partial charge in [-0.3, -0.25) is 9.36 Å². The fraction of sp³-hybridized carbons (Fsp3) is 0.464. The number of nitrogens with one attached hydrogen (secondary N) is 1. The second-order valence-electron chi connectivity index (χ2n) is 10.9. The molecule has 4 fully saturated rings. The number of rotatable bonds is 7. The molecule has 1 N–H and O–H groups in total. The molecule has 36 heavy (non-hydrogen) atoms. The fourth-order valence-electron chi connectivity index (χ4n) is 7.06. The maximum absolute atomic E-state index is 13.7. The highest BCUT2D eigenvalue weighted by Gasteiger charge is 2.54. The van der Waals surface area contributed by atoms with Crippen LogP contribution >= 0.6 is 35.0 Å². The molecular weight excluding hydrogens is 511 g/mol. The van der Waals surface area contributed by atoms with Gasteiger partial charge in [0.2, 0.25) is 5.91 Å². The molecule has 0 radical (unpaired) electrons. The molecule has 3 aromatic rings. The molecule has 188 valence electrons. The van der Waals surface area contributed by atoms with Gasteiger partial charge in [-0.2, -0.15) is 0 Å². The Morgan fingerprint density at radius 3 is 2.39 bits per heavy atom. The van der Waals surface area contributed by atoms with Gasteiger partial charge in [0.25, 0.3) is 0 Å². The Morgan fingerprint density at radius 1 is 1.06 bits per heavy atom. The minimum atomic E-state index is -0.320. The van der Waals surface area contributed by atoms with E-state index in [0.717, 1.165) is 30.7 Å². The molecule has 4 bridgehead atoms. The SMILES string of the molecule is CC(NC(=O)C12CC3CC(CC(C3)C1)C2)c1nnc(SCc2ccccc2)n1-c1cc(Cl)ccc1Cl. The Kier molecular flexibility index (Phi) is 6.55. The average Bonchev–Trinajstić information content (AvgIpc) is 3.28. The number of carbonyl (C=O) groups is 1. The van der Waals surface area contributed by atoms with Crippen molar-refractivity contribution >= 4 is 40.9 Å². The molecule has 1 heterocycles. The van der Waals surface area contributed by atoms with Crippen molar-refractivity contribution in [3.05, 3.63) is 70.0 Å². The molecule has 1 atom stereocenters. The first-order chi connectivity index (χ1) is 17.4. The van der Waals surface area contributed by atoms with Crippen molar-refractivity contribution < 1.29 is 4.79 Å². The van der Waals surface area contributed by atoms with Gasteiger partial charge in [-0.25, -0.2) is 0 Å². The van der Waals surface area contributed by atoms with Crippen molar-refractivity contribution in [2.75, 3.05) is 0 Å². The average molecular weight is 542 g/mol. The van der Waals surface area contributed by atoms with Crippen molar-refractivity contribution in [3.8, 4) is 5.69 Å². The minimum Gasteiger partial charge on any atom is -0.346 e. The Bertz CT molecular complexity index is 1240. The number of aromatic nitrogens is 3. The standard InChI is InChI=1S/C28H30Cl2N4OS/c1-17(31-26(35)28-13-19-9-20(14-28)11-21(10-19)15-28)25-32-33-27(36-16-18-5-3-2-4-6-18)34(25)24-12-22(29)7-8-23(24)30/h2-8,12,17,19-21H,9-11,13-16H2,1H3,(H,31,35). The third-order valence-corrected chi connectivity index (χ3v) is 9.83. The summed E-state index contributed by atoms with van der Waals surface area (Å²) in [6.07, 6.45) is 7.02. The molecule has 1 aromatic heterocycles. The molecule has 5 nitrogen and oxygen atoms in total. The summed E-state index contributed by atoms with van der Waals surface area (Å²) in [5, 5.41) is 14.3. The second kappa shape index (κ2) is 9.70. The van der Waals surface area contributed by atoms with Gasteiger partial charge in [-0.05, 0) is 87.0 Å². The van der Waals surface area contributed by atoms with Gasteiger partial charge < -0.3 is 5.32 Å². The Hall–Kier alpha value is -2.02. The first-order valence-corrected chi connectivity index (χ1v) is 14.5. The number of hydrogen-bond donors (Lipinski definition) is 1. The van der Waals surface area contributed by atoms with Crippen LogP contribution in [0.1, 0.15) is 62.9 Å². The van der Waals surface area contributed by atoms with Crippen LogP contribution in [0, 0.1) is 23.2 Å². The van der Waals surface area contributed by atoms with Crippen LogP contribution in [0.25, 0.3) is 5.69 Å². The molecule has 4 aliphatic rings. The number of amides is 1. The minimum absolute atomic E-state index is 0.180. The summed E-state index contributed by atoms with van der Waals surface area (Å²) in [6, 6.07) is 15.3. The molecule has 0 spiro atoms. The van der Waals surface area contributed by atoms with E-state index in [4.69, 9.17) is 23.2 Å². The van der Waals surface area contributed by atoms with Crippen LogP contribution in [0.3, 0.4) is 0 Å². The van der Waals surface area contributed by atoms with E-state index in [2.05, 4.69) is 27.6 Å². The van der Waals surface area contributed by atoms with E-state index in [1.54, 1.807) is 23.9 Å². The summed E-state index contributed by atoms with van der Waals surface area (Å²) >= 11 is 14.6. The maximum atomic E-state index is 13.7. The van der Waals surface area contributed by atoms with E-state index in [9.17, 15) is 4.79 Å². The van der Waals surface area contributed by atoms with Gasteiger partial charge in [-0.1, -0.05) is 65.3 Å². The van der Waals surface area contributed by atoms with E-state index >= 15 is 0 Å². The molecule has 0 aliphatic heterocycles.